The fourth-order valence-corrected chi connectivity index (χ4v) is 2.58. The molecule has 0 radical (unpaired) electrons. The van der Waals surface area contributed by atoms with Gasteiger partial charge in [0.15, 0.2) is 0 Å². The lowest BCUT2D eigenvalue weighted by atomic mass is 10.2. The maximum Gasteiger partial charge on any atom is 0.210 e. The lowest BCUT2D eigenvalue weighted by Crippen LogP contribution is -2.11. The quantitative estimate of drug-likeness (QED) is 0.680. The van der Waals surface area contributed by atoms with Gasteiger partial charge in [0.25, 0.3) is 0 Å². The van der Waals surface area contributed by atoms with Crippen molar-refractivity contribution in [3.63, 3.8) is 0 Å². The van der Waals surface area contributed by atoms with E-state index in [1.807, 2.05) is 6.92 Å². The minimum Gasteiger partial charge on any atom is -0.336 e. The first-order valence-electron chi connectivity index (χ1n) is 5.13. The second kappa shape index (κ2) is 5.46. The number of aromatic nitrogens is 3. The number of benzene rings is 1. The van der Waals surface area contributed by atoms with E-state index in [4.69, 9.17) is 5.84 Å². The number of nitrogens with two attached hydrogens (primary N) is 1. The third-order valence-electron chi connectivity index (χ3n) is 2.36. The zero-order valence-electron chi connectivity index (χ0n) is 9.75. The standard InChI is InChI=1S/C11H14N4S2/c1-8-13-14-11(15(8)12)17-7-9-3-5-10(16-2)6-4-9/h3-6H,7,12H2,1-2H3. The Labute approximate surface area is 109 Å². The lowest BCUT2D eigenvalue weighted by Gasteiger charge is -2.02. The van der Waals surface area contributed by atoms with Gasteiger partial charge in [0, 0.05) is 10.6 Å². The van der Waals surface area contributed by atoms with E-state index >= 15 is 0 Å². The molecular formula is C11H14N4S2. The molecule has 0 fully saturated rings. The molecule has 0 spiro atoms. The minimum absolute atomic E-state index is 0.727. The van der Waals surface area contributed by atoms with Crippen molar-refractivity contribution in [3.05, 3.63) is 35.7 Å². The summed E-state index contributed by atoms with van der Waals surface area (Å²) in [5.74, 6) is 7.36. The van der Waals surface area contributed by atoms with Crippen LogP contribution in [0, 0.1) is 6.92 Å². The molecule has 1 aromatic heterocycles. The summed E-state index contributed by atoms with van der Waals surface area (Å²) in [4.78, 5) is 1.27. The molecule has 2 N–H and O–H groups in total. The minimum atomic E-state index is 0.727. The van der Waals surface area contributed by atoms with Crippen molar-refractivity contribution in [2.45, 2.75) is 22.7 Å². The number of hydrogen-bond donors (Lipinski definition) is 1. The van der Waals surface area contributed by atoms with Crippen LogP contribution in [0.25, 0.3) is 0 Å². The third-order valence-corrected chi connectivity index (χ3v) is 4.12. The Balaban J connectivity index is 2.00. The Morgan fingerprint density at radius 3 is 2.47 bits per heavy atom. The average Bonchev–Trinajstić information content (AvgIpc) is 2.68. The highest BCUT2D eigenvalue weighted by Crippen LogP contribution is 2.22. The SMILES string of the molecule is CSc1ccc(CSc2nnc(C)n2N)cc1. The molecule has 0 aliphatic carbocycles. The van der Waals surface area contributed by atoms with Gasteiger partial charge < -0.3 is 5.84 Å². The molecule has 17 heavy (non-hydrogen) atoms. The van der Waals surface area contributed by atoms with Crippen LogP contribution < -0.4 is 5.84 Å². The number of nitrogen functional groups attached to an aromatic ring is 1. The second-order valence-electron chi connectivity index (χ2n) is 3.54. The van der Waals surface area contributed by atoms with Gasteiger partial charge in [-0.05, 0) is 30.9 Å². The Morgan fingerprint density at radius 1 is 1.24 bits per heavy atom. The molecule has 0 aliphatic rings. The van der Waals surface area contributed by atoms with Crippen molar-refractivity contribution in [2.75, 3.05) is 12.1 Å². The zero-order valence-corrected chi connectivity index (χ0v) is 11.4. The highest BCUT2D eigenvalue weighted by Gasteiger charge is 2.06. The van der Waals surface area contributed by atoms with Crippen LogP contribution in [0.15, 0.2) is 34.3 Å². The first-order valence-corrected chi connectivity index (χ1v) is 7.34. The molecule has 6 heteroatoms. The summed E-state index contributed by atoms with van der Waals surface area (Å²) in [7, 11) is 0. The van der Waals surface area contributed by atoms with Crippen LogP contribution in [0.4, 0.5) is 0 Å². The number of nitrogens with zero attached hydrogens (tertiary/aromatic N) is 3. The van der Waals surface area contributed by atoms with Crippen molar-refractivity contribution in [3.8, 4) is 0 Å². The summed E-state index contributed by atoms with van der Waals surface area (Å²) in [6.45, 7) is 1.84. The Bertz CT molecular complexity index is 493. The Morgan fingerprint density at radius 2 is 1.94 bits per heavy atom. The van der Waals surface area contributed by atoms with Gasteiger partial charge in [-0.25, -0.2) is 4.68 Å². The van der Waals surface area contributed by atoms with Gasteiger partial charge in [0.2, 0.25) is 5.16 Å². The molecule has 0 saturated heterocycles. The molecule has 1 heterocycles. The molecule has 0 unspecified atom stereocenters. The van der Waals surface area contributed by atoms with E-state index in [-0.39, 0.29) is 0 Å². The number of aryl methyl sites for hydroxylation is 1. The summed E-state index contributed by atoms with van der Waals surface area (Å²) in [6, 6.07) is 8.50. The van der Waals surface area contributed by atoms with E-state index in [0.717, 1.165) is 16.7 Å². The molecular weight excluding hydrogens is 252 g/mol. The molecule has 0 aliphatic heterocycles. The molecule has 2 aromatic rings. The van der Waals surface area contributed by atoms with Crippen LogP contribution in [-0.2, 0) is 5.75 Å². The third kappa shape index (κ3) is 2.95. The molecule has 1 aromatic carbocycles. The van der Waals surface area contributed by atoms with E-state index in [0.29, 0.717) is 0 Å². The largest absolute Gasteiger partial charge is 0.336 e. The van der Waals surface area contributed by atoms with Crippen molar-refractivity contribution >= 4 is 23.5 Å². The fraction of sp³-hybridized carbons (Fsp3) is 0.273. The summed E-state index contributed by atoms with van der Waals surface area (Å²) in [5.41, 5.74) is 1.26. The smallest absolute Gasteiger partial charge is 0.210 e. The monoisotopic (exact) mass is 266 g/mol. The molecule has 2 rings (SSSR count). The second-order valence-corrected chi connectivity index (χ2v) is 5.36. The first-order chi connectivity index (χ1) is 8.20. The van der Waals surface area contributed by atoms with Crippen molar-refractivity contribution in [2.24, 2.45) is 0 Å². The van der Waals surface area contributed by atoms with E-state index in [1.165, 1.54) is 15.1 Å². The molecule has 0 atom stereocenters. The van der Waals surface area contributed by atoms with Gasteiger partial charge in [0.05, 0.1) is 0 Å². The molecule has 0 bridgehead atoms. The number of thioether (sulfide) groups is 2. The van der Waals surface area contributed by atoms with Gasteiger partial charge in [-0.15, -0.1) is 22.0 Å². The van der Waals surface area contributed by atoms with Crippen LogP contribution in [-0.4, -0.2) is 21.1 Å². The predicted molar refractivity (Wildman–Crippen MR) is 72.7 cm³/mol. The van der Waals surface area contributed by atoms with Gasteiger partial charge in [-0.1, -0.05) is 23.9 Å². The van der Waals surface area contributed by atoms with Crippen LogP contribution >= 0.6 is 23.5 Å². The van der Waals surface area contributed by atoms with E-state index < -0.39 is 0 Å². The van der Waals surface area contributed by atoms with Crippen LogP contribution in [0.3, 0.4) is 0 Å². The highest BCUT2D eigenvalue weighted by atomic mass is 32.2. The topological polar surface area (TPSA) is 56.7 Å². The van der Waals surface area contributed by atoms with Gasteiger partial charge in [-0.2, -0.15) is 0 Å². The maximum atomic E-state index is 5.78. The molecule has 90 valence electrons. The Hall–Kier alpha value is -1.14. The first kappa shape index (κ1) is 12.3. The lowest BCUT2D eigenvalue weighted by molar-refractivity contribution is 0.825. The van der Waals surface area contributed by atoms with Crippen molar-refractivity contribution < 1.29 is 0 Å². The molecule has 0 amide bonds. The van der Waals surface area contributed by atoms with Crippen LogP contribution in [0.1, 0.15) is 11.4 Å². The van der Waals surface area contributed by atoms with Gasteiger partial charge >= 0.3 is 0 Å². The summed E-state index contributed by atoms with van der Waals surface area (Å²) in [6.07, 6.45) is 2.07. The van der Waals surface area contributed by atoms with Crippen molar-refractivity contribution in [1.82, 2.24) is 14.9 Å². The number of hydrogen-bond acceptors (Lipinski definition) is 5. The van der Waals surface area contributed by atoms with Gasteiger partial charge in [-0.3, -0.25) is 0 Å². The molecule has 0 saturated carbocycles. The van der Waals surface area contributed by atoms with E-state index in [2.05, 4.69) is 40.7 Å². The number of rotatable bonds is 4. The van der Waals surface area contributed by atoms with Crippen molar-refractivity contribution in [1.29, 1.82) is 0 Å². The Kier molecular flexibility index (Phi) is 3.96. The average molecular weight is 266 g/mol. The van der Waals surface area contributed by atoms with E-state index in [9.17, 15) is 0 Å². The van der Waals surface area contributed by atoms with E-state index in [1.54, 1.807) is 23.5 Å². The normalized spacial score (nSPS) is 10.7. The maximum absolute atomic E-state index is 5.78. The highest BCUT2D eigenvalue weighted by molar-refractivity contribution is 7.98. The fourth-order valence-electron chi connectivity index (χ4n) is 1.32. The summed E-state index contributed by atoms with van der Waals surface area (Å²) in [5, 5.41) is 8.68. The van der Waals surface area contributed by atoms with Crippen LogP contribution in [0.2, 0.25) is 0 Å². The van der Waals surface area contributed by atoms with Crippen LogP contribution in [0.5, 0.6) is 0 Å². The zero-order chi connectivity index (χ0) is 12.3. The summed E-state index contributed by atoms with van der Waals surface area (Å²) >= 11 is 3.34. The van der Waals surface area contributed by atoms with Gasteiger partial charge in [0.1, 0.15) is 5.82 Å². The molecule has 4 nitrogen and oxygen atoms in total. The summed E-state index contributed by atoms with van der Waals surface area (Å²) < 4.78 is 1.51. The predicted octanol–water partition coefficient (Wildman–Crippen LogP) is 2.31.